The topological polar surface area (TPSA) is 66.8 Å². The smallest absolute Gasteiger partial charge is 0.323 e. The highest BCUT2D eigenvalue weighted by molar-refractivity contribution is 5.83. The summed E-state index contributed by atoms with van der Waals surface area (Å²) < 4.78 is 5.10. The van der Waals surface area contributed by atoms with E-state index in [2.05, 4.69) is 0 Å². The van der Waals surface area contributed by atoms with Gasteiger partial charge in [-0.25, -0.2) is 0 Å². The lowest BCUT2D eigenvalue weighted by atomic mass is 9.99. The van der Waals surface area contributed by atoms with Crippen LogP contribution in [0.2, 0.25) is 0 Å². The number of ether oxygens (including phenoxy) is 1. The Kier molecular flexibility index (Phi) is 6.72. The SMILES string of the molecule is CCCN(CC(=O)O)C(=O)C(C)Cc1ccc(OC)cc1. The van der Waals surface area contributed by atoms with Gasteiger partial charge >= 0.3 is 5.97 Å². The van der Waals surface area contributed by atoms with Crippen molar-refractivity contribution in [2.45, 2.75) is 26.7 Å². The minimum absolute atomic E-state index is 0.116. The lowest BCUT2D eigenvalue weighted by molar-refractivity contribution is -0.146. The molecule has 0 spiro atoms. The van der Waals surface area contributed by atoms with Gasteiger partial charge in [0.05, 0.1) is 7.11 Å². The highest BCUT2D eigenvalue weighted by atomic mass is 16.5. The quantitative estimate of drug-likeness (QED) is 0.798. The predicted octanol–water partition coefficient (Wildman–Crippen LogP) is 2.20. The maximum absolute atomic E-state index is 12.3. The second-order valence-electron chi connectivity index (χ2n) is 5.11. The fraction of sp³-hybridized carbons (Fsp3) is 0.500. The van der Waals surface area contributed by atoms with Gasteiger partial charge in [-0.2, -0.15) is 0 Å². The number of amides is 1. The maximum Gasteiger partial charge on any atom is 0.323 e. The number of hydrogen-bond acceptors (Lipinski definition) is 3. The number of aliphatic carboxylic acids is 1. The van der Waals surface area contributed by atoms with Crippen LogP contribution in [0.25, 0.3) is 0 Å². The summed E-state index contributed by atoms with van der Waals surface area (Å²) >= 11 is 0. The van der Waals surface area contributed by atoms with Crippen LogP contribution in [0.4, 0.5) is 0 Å². The molecule has 0 bridgehead atoms. The molecule has 0 saturated carbocycles. The van der Waals surface area contributed by atoms with Crippen molar-refractivity contribution in [3.63, 3.8) is 0 Å². The van der Waals surface area contributed by atoms with Crippen molar-refractivity contribution in [2.24, 2.45) is 5.92 Å². The Balaban J connectivity index is 2.68. The molecular weight excluding hydrogens is 270 g/mol. The average molecular weight is 293 g/mol. The van der Waals surface area contributed by atoms with Crippen molar-refractivity contribution in [2.75, 3.05) is 20.2 Å². The van der Waals surface area contributed by atoms with Gasteiger partial charge in [0.15, 0.2) is 0 Å². The summed E-state index contributed by atoms with van der Waals surface area (Å²) in [7, 11) is 1.61. The Hall–Kier alpha value is -2.04. The van der Waals surface area contributed by atoms with E-state index < -0.39 is 5.97 Å². The van der Waals surface area contributed by atoms with E-state index in [0.29, 0.717) is 13.0 Å². The van der Waals surface area contributed by atoms with E-state index >= 15 is 0 Å². The fourth-order valence-electron chi connectivity index (χ4n) is 2.21. The third-order valence-corrected chi connectivity index (χ3v) is 3.25. The molecule has 1 aromatic rings. The number of rotatable bonds is 8. The Morgan fingerprint density at radius 1 is 1.29 bits per heavy atom. The summed E-state index contributed by atoms with van der Waals surface area (Å²) in [6, 6.07) is 7.55. The highest BCUT2D eigenvalue weighted by Crippen LogP contribution is 2.16. The van der Waals surface area contributed by atoms with E-state index in [4.69, 9.17) is 9.84 Å². The molecule has 0 aromatic heterocycles. The average Bonchev–Trinajstić information content (AvgIpc) is 2.46. The lowest BCUT2D eigenvalue weighted by Gasteiger charge is -2.23. The van der Waals surface area contributed by atoms with Crippen molar-refractivity contribution < 1.29 is 19.4 Å². The molecule has 1 atom stereocenters. The molecule has 0 radical (unpaired) electrons. The minimum atomic E-state index is -0.978. The van der Waals surface area contributed by atoms with Gasteiger partial charge in [-0.05, 0) is 30.5 Å². The zero-order valence-electron chi connectivity index (χ0n) is 12.8. The molecule has 116 valence electrons. The second-order valence-corrected chi connectivity index (χ2v) is 5.11. The van der Waals surface area contributed by atoms with Crippen molar-refractivity contribution in [1.82, 2.24) is 4.90 Å². The Bertz CT molecular complexity index is 470. The van der Waals surface area contributed by atoms with Crippen LogP contribution in [0.1, 0.15) is 25.8 Å². The third-order valence-electron chi connectivity index (χ3n) is 3.25. The Morgan fingerprint density at radius 2 is 1.90 bits per heavy atom. The number of carboxylic acids is 1. The lowest BCUT2D eigenvalue weighted by Crippen LogP contribution is -2.40. The van der Waals surface area contributed by atoms with Gasteiger partial charge in [-0.3, -0.25) is 9.59 Å². The molecule has 1 N–H and O–H groups in total. The second kappa shape index (κ2) is 8.29. The molecule has 1 aromatic carbocycles. The molecule has 5 heteroatoms. The molecule has 0 aliphatic carbocycles. The molecule has 21 heavy (non-hydrogen) atoms. The van der Waals surface area contributed by atoms with Crippen LogP contribution < -0.4 is 4.74 Å². The molecule has 0 heterocycles. The normalized spacial score (nSPS) is 11.8. The monoisotopic (exact) mass is 293 g/mol. The summed E-state index contributed by atoms with van der Waals surface area (Å²) in [5.41, 5.74) is 1.03. The number of carbonyl (C=O) groups is 2. The third kappa shape index (κ3) is 5.45. The van der Waals surface area contributed by atoms with Crippen LogP contribution in [0.5, 0.6) is 5.75 Å². The summed E-state index contributed by atoms with van der Waals surface area (Å²) in [6.07, 6.45) is 1.33. The van der Waals surface area contributed by atoms with Gasteiger partial charge in [0.2, 0.25) is 5.91 Å². The number of carbonyl (C=O) groups excluding carboxylic acids is 1. The van der Waals surface area contributed by atoms with Crippen molar-refractivity contribution in [3.05, 3.63) is 29.8 Å². The van der Waals surface area contributed by atoms with Crippen LogP contribution in [0.3, 0.4) is 0 Å². The van der Waals surface area contributed by atoms with Gasteiger partial charge in [0.1, 0.15) is 12.3 Å². The zero-order chi connectivity index (χ0) is 15.8. The van der Waals surface area contributed by atoms with Crippen LogP contribution in [0, 0.1) is 5.92 Å². The number of benzene rings is 1. The maximum atomic E-state index is 12.3. The molecule has 0 fully saturated rings. The Labute approximate surface area is 125 Å². The van der Waals surface area contributed by atoms with Crippen LogP contribution in [-0.2, 0) is 16.0 Å². The van der Waals surface area contributed by atoms with Crippen molar-refractivity contribution in [1.29, 1.82) is 0 Å². The van der Waals surface area contributed by atoms with E-state index in [1.807, 2.05) is 38.1 Å². The largest absolute Gasteiger partial charge is 0.497 e. The number of carboxylic acid groups (broad SMARTS) is 1. The van der Waals surface area contributed by atoms with Crippen LogP contribution in [-0.4, -0.2) is 42.1 Å². The van der Waals surface area contributed by atoms with Gasteiger partial charge in [0, 0.05) is 12.5 Å². The van der Waals surface area contributed by atoms with E-state index in [1.54, 1.807) is 7.11 Å². The van der Waals surface area contributed by atoms with Gasteiger partial charge in [0.25, 0.3) is 0 Å². The van der Waals surface area contributed by atoms with E-state index in [1.165, 1.54) is 4.90 Å². The number of nitrogens with zero attached hydrogens (tertiary/aromatic N) is 1. The summed E-state index contributed by atoms with van der Waals surface area (Å²) in [5.74, 6) is -0.566. The Morgan fingerprint density at radius 3 is 2.38 bits per heavy atom. The predicted molar refractivity (Wildman–Crippen MR) is 80.4 cm³/mol. The fourth-order valence-corrected chi connectivity index (χ4v) is 2.21. The zero-order valence-corrected chi connectivity index (χ0v) is 12.8. The first-order valence-corrected chi connectivity index (χ1v) is 7.11. The number of methoxy groups -OCH3 is 1. The molecule has 5 nitrogen and oxygen atoms in total. The summed E-state index contributed by atoms with van der Waals surface area (Å²) in [4.78, 5) is 24.6. The molecule has 1 rings (SSSR count). The molecule has 1 unspecified atom stereocenters. The van der Waals surface area contributed by atoms with E-state index in [9.17, 15) is 9.59 Å². The molecule has 0 saturated heterocycles. The summed E-state index contributed by atoms with van der Waals surface area (Å²) in [6.45, 7) is 3.99. The standard InChI is InChI=1S/C16H23NO4/c1-4-9-17(11-15(18)19)16(20)12(2)10-13-5-7-14(21-3)8-6-13/h5-8,12H,4,9-11H2,1-3H3,(H,18,19). The van der Waals surface area contributed by atoms with Gasteiger partial charge in [-0.1, -0.05) is 26.0 Å². The van der Waals surface area contributed by atoms with Crippen molar-refractivity contribution >= 4 is 11.9 Å². The van der Waals surface area contributed by atoms with E-state index in [0.717, 1.165) is 17.7 Å². The summed E-state index contributed by atoms with van der Waals surface area (Å²) in [5, 5.41) is 8.88. The minimum Gasteiger partial charge on any atom is -0.497 e. The molecule has 0 aliphatic rings. The van der Waals surface area contributed by atoms with E-state index in [-0.39, 0.29) is 18.4 Å². The first-order valence-electron chi connectivity index (χ1n) is 7.11. The first-order chi connectivity index (χ1) is 9.97. The van der Waals surface area contributed by atoms with Crippen molar-refractivity contribution in [3.8, 4) is 5.75 Å². The first kappa shape index (κ1) is 17.0. The molecule has 1 amide bonds. The van der Waals surface area contributed by atoms with Gasteiger partial charge < -0.3 is 14.7 Å². The van der Waals surface area contributed by atoms with Crippen LogP contribution in [0.15, 0.2) is 24.3 Å². The number of hydrogen-bond donors (Lipinski definition) is 1. The van der Waals surface area contributed by atoms with Crippen LogP contribution >= 0.6 is 0 Å². The molecule has 0 aliphatic heterocycles. The van der Waals surface area contributed by atoms with Gasteiger partial charge in [-0.15, -0.1) is 0 Å². The molecular formula is C16H23NO4. The highest BCUT2D eigenvalue weighted by Gasteiger charge is 2.22.